The smallest absolute Gasteiger partial charge is 0.0923 e. The van der Waals surface area contributed by atoms with Gasteiger partial charge in [-0.1, -0.05) is 25.5 Å². The van der Waals surface area contributed by atoms with Crippen molar-refractivity contribution in [3.05, 3.63) is 11.6 Å². The van der Waals surface area contributed by atoms with Crippen LogP contribution in [0.5, 0.6) is 0 Å². The van der Waals surface area contributed by atoms with E-state index in [0.717, 1.165) is 38.5 Å². The lowest BCUT2D eigenvalue weighted by molar-refractivity contribution is -0.121. The van der Waals surface area contributed by atoms with E-state index in [1.54, 1.807) is 0 Å². The molecule has 2 fully saturated rings. The molecule has 0 aromatic carbocycles. The van der Waals surface area contributed by atoms with E-state index in [0.29, 0.717) is 17.9 Å². The molecule has 1 N–H and O–H groups in total. The zero-order chi connectivity index (χ0) is 16.2. The summed E-state index contributed by atoms with van der Waals surface area (Å²) in [5.41, 5.74) is 1.27. The van der Waals surface area contributed by atoms with Gasteiger partial charge in [-0.3, -0.25) is 0 Å². The fraction of sp³-hybridized carbons (Fsp3) is 0.900. The van der Waals surface area contributed by atoms with E-state index >= 15 is 0 Å². The van der Waals surface area contributed by atoms with E-state index in [1.165, 1.54) is 12.0 Å². The predicted molar refractivity (Wildman–Crippen MR) is 90.7 cm³/mol. The lowest BCUT2D eigenvalue weighted by Gasteiger charge is -2.53. The maximum absolute atomic E-state index is 11.0. The maximum atomic E-state index is 11.0. The zero-order valence-corrected chi connectivity index (χ0v) is 15.1. The maximum Gasteiger partial charge on any atom is 0.0923 e. The molecule has 2 aliphatic carbocycles. The summed E-state index contributed by atoms with van der Waals surface area (Å²) in [5, 5.41) is 11.0. The van der Waals surface area contributed by atoms with Gasteiger partial charge in [-0.15, -0.1) is 0 Å². The summed E-state index contributed by atoms with van der Waals surface area (Å²) < 4.78 is 6.10. The van der Waals surface area contributed by atoms with Crippen LogP contribution < -0.4 is 0 Å². The monoisotopic (exact) mass is 306 g/mol. The molecule has 3 aliphatic rings. The average Bonchev–Trinajstić information content (AvgIpc) is 3.02. The van der Waals surface area contributed by atoms with Crippen molar-refractivity contribution in [3.63, 3.8) is 0 Å². The molecule has 1 saturated carbocycles. The minimum atomic E-state index is -0.516. The fourth-order valence-corrected chi connectivity index (χ4v) is 5.35. The molecular weight excluding hydrogens is 272 g/mol. The van der Waals surface area contributed by atoms with Crippen molar-refractivity contribution in [2.45, 2.75) is 96.9 Å². The number of allylic oxidation sites excluding steroid dienone is 2. The molecule has 1 saturated heterocycles. The van der Waals surface area contributed by atoms with Crippen LogP contribution in [-0.4, -0.2) is 22.4 Å². The van der Waals surface area contributed by atoms with Gasteiger partial charge in [0.05, 0.1) is 17.3 Å². The molecule has 5 atom stereocenters. The van der Waals surface area contributed by atoms with Crippen LogP contribution in [0.2, 0.25) is 0 Å². The lowest BCUT2D eigenvalue weighted by atomic mass is 9.54. The van der Waals surface area contributed by atoms with Crippen molar-refractivity contribution in [3.8, 4) is 0 Å². The van der Waals surface area contributed by atoms with Gasteiger partial charge in [-0.05, 0) is 83.0 Å². The Balaban J connectivity index is 1.88. The Kier molecular flexibility index (Phi) is 4.01. The SMILES string of the molecule is C/C1=C\CCC2(C)OC2CC2CCC(C)(O)C(CC1)C2(C)C. The molecule has 0 aromatic heterocycles. The molecule has 126 valence electrons. The molecule has 2 heteroatoms. The average molecular weight is 306 g/mol. The Hall–Kier alpha value is -0.340. The van der Waals surface area contributed by atoms with Gasteiger partial charge in [-0.2, -0.15) is 0 Å². The third kappa shape index (κ3) is 2.89. The van der Waals surface area contributed by atoms with Crippen molar-refractivity contribution in [2.24, 2.45) is 17.3 Å². The summed E-state index contributed by atoms with van der Waals surface area (Å²) in [6.45, 7) is 11.4. The van der Waals surface area contributed by atoms with Gasteiger partial charge in [0.15, 0.2) is 0 Å². The topological polar surface area (TPSA) is 32.8 Å². The molecule has 0 amide bonds. The van der Waals surface area contributed by atoms with E-state index in [-0.39, 0.29) is 11.0 Å². The van der Waals surface area contributed by atoms with Gasteiger partial charge in [0.25, 0.3) is 0 Å². The molecule has 5 unspecified atom stereocenters. The van der Waals surface area contributed by atoms with Crippen LogP contribution in [0.3, 0.4) is 0 Å². The van der Waals surface area contributed by atoms with E-state index < -0.39 is 5.60 Å². The molecule has 0 radical (unpaired) electrons. The number of ether oxygens (including phenoxy) is 1. The highest BCUT2D eigenvalue weighted by atomic mass is 16.6. The number of epoxide rings is 1. The number of fused-ring (bicyclic) bond motifs is 3. The Labute approximate surface area is 136 Å². The first-order valence-corrected chi connectivity index (χ1v) is 9.21. The Bertz CT molecular complexity index is 462. The van der Waals surface area contributed by atoms with E-state index in [9.17, 15) is 5.11 Å². The molecule has 1 heterocycles. The normalized spacial score (nSPS) is 50.8. The van der Waals surface area contributed by atoms with Crippen LogP contribution >= 0.6 is 0 Å². The van der Waals surface area contributed by atoms with Crippen LogP contribution in [0.1, 0.15) is 79.6 Å². The van der Waals surface area contributed by atoms with Gasteiger partial charge < -0.3 is 9.84 Å². The zero-order valence-electron chi connectivity index (χ0n) is 15.1. The van der Waals surface area contributed by atoms with Crippen molar-refractivity contribution in [1.29, 1.82) is 0 Å². The van der Waals surface area contributed by atoms with E-state index in [2.05, 4.69) is 40.7 Å². The van der Waals surface area contributed by atoms with Gasteiger partial charge >= 0.3 is 0 Å². The molecular formula is C20H34O2. The van der Waals surface area contributed by atoms with E-state index in [1.807, 2.05) is 0 Å². The van der Waals surface area contributed by atoms with Gasteiger partial charge in [0.1, 0.15) is 0 Å². The predicted octanol–water partition coefficient (Wildman–Crippen LogP) is 4.86. The van der Waals surface area contributed by atoms with Gasteiger partial charge in [-0.25, -0.2) is 0 Å². The molecule has 2 bridgehead atoms. The molecule has 1 aliphatic heterocycles. The summed E-state index contributed by atoms with van der Waals surface area (Å²) in [4.78, 5) is 0. The van der Waals surface area contributed by atoms with Crippen molar-refractivity contribution in [1.82, 2.24) is 0 Å². The first kappa shape index (κ1) is 16.5. The first-order chi connectivity index (χ1) is 10.2. The van der Waals surface area contributed by atoms with Gasteiger partial charge in [0.2, 0.25) is 0 Å². The summed E-state index contributed by atoms with van der Waals surface area (Å²) in [6, 6.07) is 0. The van der Waals surface area contributed by atoms with Crippen LogP contribution in [0.15, 0.2) is 11.6 Å². The number of hydrogen-bond acceptors (Lipinski definition) is 2. The van der Waals surface area contributed by atoms with Gasteiger partial charge in [0, 0.05) is 0 Å². The highest BCUT2D eigenvalue weighted by Gasteiger charge is 2.56. The quantitative estimate of drug-likeness (QED) is 0.512. The summed E-state index contributed by atoms with van der Waals surface area (Å²) in [6.07, 6.45) is 10.6. The highest BCUT2D eigenvalue weighted by Crippen LogP contribution is 2.56. The molecule has 0 aromatic rings. The lowest BCUT2D eigenvalue weighted by Crippen LogP contribution is -2.51. The van der Waals surface area contributed by atoms with Crippen LogP contribution in [0.4, 0.5) is 0 Å². The number of aliphatic hydroxyl groups is 1. The second-order valence-electron chi connectivity index (χ2n) is 9.25. The number of hydrogen-bond donors (Lipinski definition) is 1. The second-order valence-corrected chi connectivity index (χ2v) is 9.25. The summed E-state index contributed by atoms with van der Waals surface area (Å²) in [5.74, 6) is 1.06. The molecule has 0 spiro atoms. The van der Waals surface area contributed by atoms with Crippen molar-refractivity contribution < 1.29 is 9.84 Å². The van der Waals surface area contributed by atoms with Crippen LogP contribution in [-0.2, 0) is 4.74 Å². The van der Waals surface area contributed by atoms with Crippen LogP contribution in [0, 0.1) is 17.3 Å². The Morgan fingerprint density at radius 1 is 1.14 bits per heavy atom. The van der Waals surface area contributed by atoms with E-state index in [4.69, 9.17) is 4.74 Å². The third-order valence-corrected chi connectivity index (χ3v) is 7.19. The highest BCUT2D eigenvalue weighted by molar-refractivity contribution is 5.09. The first-order valence-electron chi connectivity index (χ1n) is 9.21. The standard InChI is InChI=1S/C20H34O2/c1-14-7-6-11-20(5)17(22-20)13-15-10-12-19(4,21)16(9-8-14)18(15,2)3/h7,15-17,21H,6,8-13H2,1-5H3/b14-7+. The Morgan fingerprint density at radius 2 is 1.86 bits per heavy atom. The Morgan fingerprint density at radius 3 is 2.59 bits per heavy atom. The minimum Gasteiger partial charge on any atom is -0.390 e. The summed E-state index contributed by atoms with van der Waals surface area (Å²) >= 11 is 0. The molecule has 2 nitrogen and oxygen atoms in total. The minimum absolute atomic E-state index is 0.113. The fourth-order valence-electron chi connectivity index (χ4n) is 5.35. The molecule has 22 heavy (non-hydrogen) atoms. The van der Waals surface area contributed by atoms with Crippen molar-refractivity contribution >= 4 is 0 Å². The van der Waals surface area contributed by atoms with Crippen LogP contribution in [0.25, 0.3) is 0 Å². The largest absolute Gasteiger partial charge is 0.390 e. The summed E-state index contributed by atoms with van der Waals surface area (Å²) in [7, 11) is 0. The number of rotatable bonds is 0. The second kappa shape index (κ2) is 5.34. The molecule has 3 rings (SSSR count). The van der Waals surface area contributed by atoms with Crippen molar-refractivity contribution in [2.75, 3.05) is 0 Å². The third-order valence-electron chi connectivity index (χ3n) is 7.19.